The van der Waals surface area contributed by atoms with Gasteiger partial charge in [0, 0.05) is 11.4 Å². The van der Waals surface area contributed by atoms with E-state index in [-0.39, 0.29) is 0 Å². The first-order valence-corrected chi connectivity index (χ1v) is 3.46. The normalized spacial score (nSPS) is 24.9. The molecule has 50 valence electrons. The molecule has 0 atom stereocenters. The minimum atomic E-state index is 1.20. The van der Waals surface area contributed by atoms with Crippen LogP contribution in [-0.2, 0) is 0 Å². The summed E-state index contributed by atoms with van der Waals surface area (Å²) in [5, 5.41) is 0. The molecule has 3 nitrogen and oxygen atoms in total. The van der Waals surface area contributed by atoms with E-state index in [2.05, 4.69) is 16.4 Å². The lowest BCUT2D eigenvalue weighted by molar-refractivity contribution is 0.583. The third kappa shape index (κ3) is 0.772. The van der Waals surface area contributed by atoms with Crippen LogP contribution in [0, 0.1) is 0 Å². The second-order valence-electron chi connectivity index (χ2n) is 2.54. The van der Waals surface area contributed by atoms with E-state index >= 15 is 0 Å². The van der Waals surface area contributed by atoms with Gasteiger partial charge in [-0.1, -0.05) is 0 Å². The highest BCUT2D eigenvalue weighted by molar-refractivity contribution is 5.15. The summed E-state index contributed by atoms with van der Waals surface area (Å²) in [5.41, 5.74) is 11.8. The number of hydrazine groups is 2. The van der Waals surface area contributed by atoms with E-state index in [9.17, 15) is 0 Å². The second kappa shape index (κ2) is 1.92. The molecule has 0 unspecified atom stereocenters. The Bertz CT molecular complexity index is 134. The van der Waals surface area contributed by atoms with Crippen LogP contribution >= 0.6 is 0 Å². The van der Waals surface area contributed by atoms with Crippen molar-refractivity contribution in [2.24, 2.45) is 0 Å². The predicted octanol–water partition coefficient (Wildman–Crippen LogP) is 0.384. The summed E-state index contributed by atoms with van der Waals surface area (Å²) in [6.07, 6.45) is 5.06. The number of nitrogens with one attached hydrogen (secondary N) is 3. The van der Waals surface area contributed by atoms with Crippen molar-refractivity contribution in [1.29, 1.82) is 0 Å². The molecule has 1 aliphatic carbocycles. The number of hydrogen-bond acceptors (Lipinski definition) is 3. The van der Waals surface area contributed by atoms with Crippen molar-refractivity contribution in [3.63, 3.8) is 0 Å². The lowest BCUT2D eigenvalue weighted by atomic mass is 10.0. The van der Waals surface area contributed by atoms with E-state index < -0.39 is 0 Å². The fraction of sp³-hybridized carbons (Fsp3) is 0.667. The van der Waals surface area contributed by atoms with Crippen molar-refractivity contribution >= 4 is 0 Å². The molecule has 0 aromatic rings. The van der Waals surface area contributed by atoms with E-state index in [1.807, 2.05) is 0 Å². The maximum absolute atomic E-state index is 3.08. The molecule has 9 heavy (non-hydrogen) atoms. The van der Waals surface area contributed by atoms with Crippen LogP contribution in [0.4, 0.5) is 0 Å². The van der Waals surface area contributed by atoms with Crippen LogP contribution in [0.3, 0.4) is 0 Å². The summed E-state index contributed by atoms with van der Waals surface area (Å²) < 4.78 is 0. The van der Waals surface area contributed by atoms with E-state index in [0.717, 1.165) is 0 Å². The molecule has 0 bridgehead atoms. The molecule has 0 aromatic carbocycles. The zero-order valence-corrected chi connectivity index (χ0v) is 5.33. The minimum Gasteiger partial charge on any atom is -0.306 e. The van der Waals surface area contributed by atoms with Crippen LogP contribution in [0.25, 0.3) is 0 Å². The predicted molar refractivity (Wildman–Crippen MR) is 34.9 cm³/mol. The maximum Gasteiger partial charge on any atom is 0.0482 e. The monoisotopic (exact) mass is 125 g/mol. The van der Waals surface area contributed by atoms with Crippen LogP contribution in [0.5, 0.6) is 0 Å². The SMILES string of the molecule is C1CCC2=C(C1)NNN2. The van der Waals surface area contributed by atoms with Gasteiger partial charge in [0.1, 0.15) is 0 Å². The average Bonchev–Trinajstić information content (AvgIpc) is 2.33. The van der Waals surface area contributed by atoms with Gasteiger partial charge in [0.15, 0.2) is 0 Å². The van der Waals surface area contributed by atoms with Crippen LogP contribution in [0.15, 0.2) is 11.4 Å². The van der Waals surface area contributed by atoms with Crippen LogP contribution in [0.1, 0.15) is 25.7 Å². The van der Waals surface area contributed by atoms with Crippen molar-refractivity contribution in [3.8, 4) is 0 Å². The molecule has 0 aromatic heterocycles. The Labute approximate surface area is 54.5 Å². The Morgan fingerprint density at radius 3 is 2.00 bits per heavy atom. The lowest BCUT2D eigenvalue weighted by Gasteiger charge is -2.10. The zero-order valence-electron chi connectivity index (χ0n) is 5.33. The molecule has 0 radical (unpaired) electrons. The summed E-state index contributed by atoms with van der Waals surface area (Å²) in [6, 6.07) is 0. The lowest BCUT2D eigenvalue weighted by Crippen LogP contribution is -2.32. The summed E-state index contributed by atoms with van der Waals surface area (Å²) in [4.78, 5) is 0. The Morgan fingerprint density at radius 1 is 0.889 bits per heavy atom. The maximum atomic E-state index is 3.08. The standard InChI is InChI=1S/C6H11N3/c1-2-4-6-5(3-1)7-9-8-6/h7-9H,1-4H2. The Hall–Kier alpha value is -0.700. The fourth-order valence-electron chi connectivity index (χ4n) is 1.36. The second-order valence-corrected chi connectivity index (χ2v) is 2.54. The van der Waals surface area contributed by atoms with Gasteiger partial charge in [0.05, 0.1) is 0 Å². The number of rotatable bonds is 0. The number of hydrogen-bond donors (Lipinski definition) is 3. The molecule has 2 aliphatic rings. The van der Waals surface area contributed by atoms with Crippen LogP contribution in [-0.4, -0.2) is 0 Å². The Balaban J connectivity index is 2.17. The van der Waals surface area contributed by atoms with Gasteiger partial charge in [0.25, 0.3) is 0 Å². The van der Waals surface area contributed by atoms with Crippen molar-refractivity contribution in [1.82, 2.24) is 16.4 Å². The van der Waals surface area contributed by atoms with Crippen molar-refractivity contribution in [3.05, 3.63) is 11.4 Å². The van der Waals surface area contributed by atoms with Crippen molar-refractivity contribution in [2.75, 3.05) is 0 Å². The largest absolute Gasteiger partial charge is 0.306 e. The minimum absolute atomic E-state index is 1.20. The van der Waals surface area contributed by atoms with Crippen molar-refractivity contribution in [2.45, 2.75) is 25.7 Å². The van der Waals surface area contributed by atoms with Crippen molar-refractivity contribution < 1.29 is 0 Å². The molecule has 2 rings (SSSR count). The van der Waals surface area contributed by atoms with Gasteiger partial charge < -0.3 is 10.9 Å². The molecule has 0 fully saturated rings. The van der Waals surface area contributed by atoms with E-state index in [1.54, 1.807) is 0 Å². The highest BCUT2D eigenvalue weighted by Crippen LogP contribution is 2.21. The van der Waals surface area contributed by atoms with Crippen LogP contribution < -0.4 is 16.4 Å². The van der Waals surface area contributed by atoms with Gasteiger partial charge in [-0.15, -0.1) is 0 Å². The first-order chi connectivity index (χ1) is 4.47. The summed E-state index contributed by atoms with van der Waals surface area (Å²) in [5.74, 6) is 0. The van der Waals surface area contributed by atoms with Gasteiger partial charge in [0.2, 0.25) is 0 Å². The van der Waals surface area contributed by atoms with Gasteiger partial charge in [-0.2, -0.15) is 5.53 Å². The topological polar surface area (TPSA) is 36.1 Å². The molecular formula is C6H11N3. The van der Waals surface area contributed by atoms with Gasteiger partial charge in [-0.05, 0) is 25.7 Å². The van der Waals surface area contributed by atoms with E-state index in [0.29, 0.717) is 0 Å². The molecular weight excluding hydrogens is 114 g/mol. The highest BCUT2D eigenvalue weighted by Gasteiger charge is 2.15. The average molecular weight is 125 g/mol. The fourth-order valence-corrected chi connectivity index (χ4v) is 1.36. The third-order valence-corrected chi connectivity index (χ3v) is 1.89. The zero-order chi connectivity index (χ0) is 6.10. The van der Waals surface area contributed by atoms with Gasteiger partial charge in [-0.25, -0.2) is 0 Å². The molecule has 0 saturated heterocycles. The molecule has 3 N–H and O–H groups in total. The molecule has 1 heterocycles. The summed E-state index contributed by atoms with van der Waals surface area (Å²) in [6.45, 7) is 0. The molecule has 0 spiro atoms. The number of allylic oxidation sites excluding steroid dienone is 2. The Kier molecular flexibility index (Phi) is 1.09. The van der Waals surface area contributed by atoms with E-state index in [1.165, 1.54) is 37.1 Å². The summed E-state index contributed by atoms with van der Waals surface area (Å²) >= 11 is 0. The summed E-state index contributed by atoms with van der Waals surface area (Å²) in [7, 11) is 0. The van der Waals surface area contributed by atoms with Crippen LogP contribution in [0.2, 0.25) is 0 Å². The molecule has 3 heteroatoms. The Morgan fingerprint density at radius 2 is 1.44 bits per heavy atom. The smallest absolute Gasteiger partial charge is 0.0482 e. The molecule has 0 amide bonds. The molecule has 1 aliphatic heterocycles. The van der Waals surface area contributed by atoms with E-state index in [4.69, 9.17) is 0 Å². The van der Waals surface area contributed by atoms with Gasteiger partial charge in [-0.3, -0.25) is 0 Å². The first kappa shape index (κ1) is 5.11. The third-order valence-electron chi connectivity index (χ3n) is 1.89. The first-order valence-electron chi connectivity index (χ1n) is 3.46. The molecule has 0 saturated carbocycles. The van der Waals surface area contributed by atoms with Gasteiger partial charge >= 0.3 is 0 Å². The highest BCUT2D eigenvalue weighted by atomic mass is 15.6. The quantitative estimate of drug-likeness (QED) is 0.438.